The second kappa shape index (κ2) is 17.0. The van der Waals surface area contributed by atoms with E-state index in [4.69, 9.17) is 0 Å². The Bertz CT molecular complexity index is 267. The summed E-state index contributed by atoms with van der Waals surface area (Å²) in [7, 11) is 0. The van der Waals surface area contributed by atoms with E-state index in [1.54, 1.807) is 0 Å². The predicted octanol–water partition coefficient (Wildman–Crippen LogP) is 5.45. The molecule has 0 bridgehead atoms. The molecule has 0 aromatic rings. The lowest BCUT2D eigenvalue weighted by Gasteiger charge is -1.96. The highest BCUT2D eigenvalue weighted by atomic mass is 16.1. The number of carbonyl (C=O) groups is 1. The van der Waals surface area contributed by atoms with Gasteiger partial charge < -0.3 is 4.79 Å². The van der Waals surface area contributed by atoms with Crippen LogP contribution in [0.4, 0.5) is 0 Å². The molecular formula is C18H30O. The molecule has 0 unspecified atom stereocenters. The van der Waals surface area contributed by atoms with Crippen LogP contribution in [0.3, 0.4) is 0 Å². The van der Waals surface area contributed by atoms with Gasteiger partial charge in [-0.15, -0.1) is 5.92 Å². The van der Waals surface area contributed by atoms with Crippen molar-refractivity contribution in [2.45, 2.75) is 84.0 Å². The summed E-state index contributed by atoms with van der Waals surface area (Å²) >= 11 is 0. The summed E-state index contributed by atoms with van der Waals surface area (Å²) in [6.07, 6.45) is 19.2. The molecule has 0 aromatic carbocycles. The van der Waals surface area contributed by atoms with Gasteiger partial charge in [-0.25, -0.2) is 0 Å². The van der Waals surface area contributed by atoms with Crippen molar-refractivity contribution in [2.75, 3.05) is 0 Å². The molecule has 1 heteroatoms. The Morgan fingerprint density at radius 2 is 1.53 bits per heavy atom. The molecule has 0 fully saturated rings. The van der Waals surface area contributed by atoms with Crippen molar-refractivity contribution in [3.05, 3.63) is 12.2 Å². The molecular weight excluding hydrogens is 232 g/mol. The van der Waals surface area contributed by atoms with Crippen LogP contribution >= 0.6 is 0 Å². The minimum atomic E-state index is 0.733. The average molecular weight is 262 g/mol. The molecule has 0 aliphatic rings. The molecule has 0 atom stereocenters. The van der Waals surface area contributed by atoms with E-state index in [-0.39, 0.29) is 0 Å². The first-order valence-electron chi connectivity index (χ1n) is 7.96. The quantitative estimate of drug-likeness (QED) is 0.198. The first kappa shape index (κ1) is 18.0. The molecule has 0 aromatic heterocycles. The molecule has 19 heavy (non-hydrogen) atoms. The monoisotopic (exact) mass is 262 g/mol. The average Bonchev–Trinajstić information content (AvgIpc) is 2.43. The van der Waals surface area contributed by atoms with E-state index >= 15 is 0 Å². The fraction of sp³-hybridized carbons (Fsp3) is 0.722. The zero-order valence-corrected chi connectivity index (χ0v) is 12.6. The number of allylic oxidation sites excluding steroid dienone is 2. The van der Waals surface area contributed by atoms with E-state index in [0.717, 1.165) is 32.0 Å². The van der Waals surface area contributed by atoms with Crippen LogP contribution in [0.1, 0.15) is 84.0 Å². The van der Waals surface area contributed by atoms with E-state index in [2.05, 4.69) is 30.9 Å². The molecule has 0 N–H and O–H groups in total. The normalized spacial score (nSPS) is 10.4. The SMILES string of the molecule is CCCCCC#CCC=CCCCCCCCC=O. The largest absolute Gasteiger partial charge is 0.303 e. The second-order valence-electron chi connectivity index (χ2n) is 5.00. The Balaban J connectivity index is 3.18. The highest BCUT2D eigenvalue weighted by molar-refractivity contribution is 5.48. The Morgan fingerprint density at radius 3 is 2.26 bits per heavy atom. The first-order chi connectivity index (χ1) is 9.41. The third kappa shape index (κ3) is 17.0. The van der Waals surface area contributed by atoms with Gasteiger partial charge in [0.05, 0.1) is 0 Å². The highest BCUT2D eigenvalue weighted by Crippen LogP contribution is 2.06. The van der Waals surface area contributed by atoms with Gasteiger partial charge in [-0.05, 0) is 25.7 Å². The van der Waals surface area contributed by atoms with Gasteiger partial charge in [0.15, 0.2) is 0 Å². The topological polar surface area (TPSA) is 17.1 Å². The fourth-order valence-electron chi connectivity index (χ4n) is 1.90. The van der Waals surface area contributed by atoms with Crippen LogP contribution < -0.4 is 0 Å². The van der Waals surface area contributed by atoms with Crippen molar-refractivity contribution in [1.29, 1.82) is 0 Å². The third-order valence-corrected chi connectivity index (χ3v) is 3.11. The van der Waals surface area contributed by atoms with Gasteiger partial charge >= 0.3 is 0 Å². The van der Waals surface area contributed by atoms with Crippen molar-refractivity contribution in [3.8, 4) is 11.8 Å². The van der Waals surface area contributed by atoms with Crippen molar-refractivity contribution >= 4 is 6.29 Å². The summed E-state index contributed by atoms with van der Waals surface area (Å²) in [5.41, 5.74) is 0. The number of aldehydes is 1. The molecule has 0 heterocycles. The summed E-state index contributed by atoms with van der Waals surface area (Å²) in [6, 6.07) is 0. The lowest BCUT2D eigenvalue weighted by atomic mass is 10.1. The van der Waals surface area contributed by atoms with Gasteiger partial charge in [-0.3, -0.25) is 0 Å². The van der Waals surface area contributed by atoms with E-state index in [1.165, 1.54) is 51.4 Å². The number of unbranched alkanes of at least 4 members (excludes halogenated alkanes) is 9. The minimum absolute atomic E-state index is 0.733. The molecule has 0 spiro atoms. The molecule has 0 saturated heterocycles. The number of rotatable bonds is 12. The van der Waals surface area contributed by atoms with Crippen molar-refractivity contribution in [2.24, 2.45) is 0 Å². The Kier molecular flexibility index (Phi) is 16.1. The lowest BCUT2D eigenvalue weighted by Crippen LogP contribution is -1.80. The van der Waals surface area contributed by atoms with Crippen molar-refractivity contribution < 1.29 is 4.79 Å². The fourth-order valence-corrected chi connectivity index (χ4v) is 1.90. The van der Waals surface area contributed by atoms with E-state index in [0.29, 0.717) is 0 Å². The Hall–Kier alpha value is -1.03. The Morgan fingerprint density at radius 1 is 0.789 bits per heavy atom. The van der Waals surface area contributed by atoms with Crippen LogP contribution in [-0.4, -0.2) is 6.29 Å². The zero-order valence-electron chi connectivity index (χ0n) is 12.6. The number of carbonyl (C=O) groups excluding carboxylic acids is 1. The van der Waals surface area contributed by atoms with Crippen LogP contribution in [0.2, 0.25) is 0 Å². The molecule has 0 saturated carbocycles. The standard InChI is InChI=1S/C18H30O/c1-2-3-4-5-6-7-8-9-10-11-12-13-14-15-16-17-18-19/h9-10,18H,2-5,8,11-17H2,1H3. The first-order valence-corrected chi connectivity index (χ1v) is 7.96. The van der Waals surface area contributed by atoms with E-state index < -0.39 is 0 Å². The second-order valence-corrected chi connectivity index (χ2v) is 5.00. The van der Waals surface area contributed by atoms with Gasteiger partial charge in [0.1, 0.15) is 6.29 Å². The van der Waals surface area contributed by atoms with E-state index in [1.807, 2.05) is 0 Å². The molecule has 0 aliphatic carbocycles. The number of hydrogen-bond acceptors (Lipinski definition) is 1. The van der Waals surface area contributed by atoms with Crippen LogP contribution in [-0.2, 0) is 4.79 Å². The molecule has 0 rings (SSSR count). The highest BCUT2D eigenvalue weighted by Gasteiger charge is 1.89. The molecule has 0 aliphatic heterocycles. The maximum Gasteiger partial charge on any atom is 0.119 e. The van der Waals surface area contributed by atoms with Crippen LogP contribution in [0, 0.1) is 11.8 Å². The molecule has 0 amide bonds. The summed E-state index contributed by atoms with van der Waals surface area (Å²) in [5, 5.41) is 0. The minimum Gasteiger partial charge on any atom is -0.303 e. The lowest BCUT2D eigenvalue weighted by molar-refractivity contribution is -0.107. The van der Waals surface area contributed by atoms with Crippen molar-refractivity contribution in [1.82, 2.24) is 0 Å². The van der Waals surface area contributed by atoms with Gasteiger partial charge in [-0.1, -0.05) is 57.1 Å². The van der Waals surface area contributed by atoms with Crippen LogP contribution in [0.15, 0.2) is 12.2 Å². The summed E-state index contributed by atoms with van der Waals surface area (Å²) in [4.78, 5) is 10.1. The summed E-state index contributed by atoms with van der Waals surface area (Å²) in [6.45, 7) is 2.22. The molecule has 0 radical (unpaired) electrons. The summed E-state index contributed by atoms with van der Waals surface area (Å²) < 4.78 is 0. The smallest absolute Gasteiger partial charge is 0.119 e. The van der Waals surface area contributed by atoms with Crippen LogP contribution in [0.5, 0.6) is 0 Å². The van der Waals surface area contributed by atoms with Crippen LogP contribution in [0.25, 0.3) is 0 Å². The van der Waals surface area contributed by atoms with Gasteiger partial charge in [0.2, 0.25) is 0 Å². The van der Waals surface area contributed by atoms with E-state index in [9.17, 15) is 4.79 Å². The van der Waals surface area contributed by atoms with Crippen molar-refractivity contribution in [3.63, 3.8) is 0 Å². The zero-order chi connectivity index (χ0) is 14.0. The van der Waals surface area contributed by atoms with Gasteiger partial charge in [0, 0.05) is 19.3 Å². The Labute approximate surface area is 119 Å². The van der Waals surface area contributed by atoms with Gasteiger partial charge in [-0.2, -0.15) is 0 Å². The molecule has 1 nitrogen and oxygen atoms in total. The predicted molar refractivity (Wildman–Crippen MR) is 84.1 cm³/mol. The maximum atomic E-state index is 10.1. The summed E-state index contributed by atoms with van der Waals surface area (Å²) in [5.74, 6) is 6.42. The maximum absolute atomic E-state index is 10.1. The van der Waals surface area contributed by atoms with Gasteiger partial charge in [0.25, 0.3) is 0 Å². The third-order valence-electron chi connectivity index (χ3n) is 3.11. The molecule has 108 valence electrons. The number of hydrogen-bond donors (Lipinski definition) is 0.